The molecule has 0 saturated heterocycles. The summed E-state index contributed by atoms with van der Waals surface area (Å²) in [5, 5.41) is 3.55. The van der Waals surface area contributed by atoms with Gasteiger partial charge in [0.05, 0.1) is 11.4 Å². The van der Waals surface area contributed by atoms with E-state index < -0.39 is 0 Å². The van der Waals surface area contributed by atoms with Crippen molar-refractivity contribution in [2.24, 2.45) is 0 Å². The van der Waals surface area contributed by atoms with Gasteiger partial charge in [-0.3, -0.25) is 0 Å². The zero-order chi connectivity index (χ0) is 14.1. The van der Waals surface area contributed by atoms with E-state index in [1.54, 1.807) is 0 Å². The molecule has 0 bridgehead atoms. The fourth-order valence-corrected chi connectivity index (χ4v) is 2.81. The van der Waals surface area contributed by atoms with Gasteiger partial charge in [0.2, 0.25) is 0 Å². The van der Waals surface area contributed by atoms with Gasteiger partial charge in [0.1, 0.15) is 0 Å². The Hall–Kier alpha value is -1.96. The minimum atomic E-state index is 0.504. The molecule has 1 heterocycles. The normalized spacial score (nSPS) is 17.6. The van der Waals surface area contributed by atoms with E-state index in [1.807, 2.05) is 0 Å². The van der Waals surface area contributed by atoms with Crippen molar-refractivity contribution < 1.29 is 0 Å². The molecule has 0 aromatic heterocycles. The molecule has 1 unspecified atom stereocenters. The van der Waals surface area contributed by atoms with E-state index in [2.05, 4.69) is 73.5 Å². The van der Waals surface area contributed by atoms with Gasteiger partial charge < -0.3 is 10.2 Å². The fourth-order valence-electron chi connectivity index (χ4n) is 2.81. The highest BCUT2D eigenvalue weighted by Crippen LogP contribution is 2.34. The number of anilines is 2. The van der Waals surface area contributed by atoms with Gasteiger partial charge in [-0.05, 0) is 49.6 Å². The molecule has 0 fully saturated rings. The summed E-state index contributed by atoms with van der Waals surface area (Å²) in [7, 11) is 0. The van der Waals surface area contributed by atoms with Gasteiger partial charge in [0.25, 0.3) is 0 Å². The predicted octanol–water partition coefficient (Wildman–Crippen LogP) is 4.12. The van der Waals surface area contributed by atoms with Crippen molar-refractivity contribution in [3.8, 4) is 0 Å². The number of benzene rings is 2. The standard InChI is InChI=1S/C18H22N2/c1-13-9-17-18(10-14(13)2)20(15(3)11-19-17)12-16-7-5-4-6-8-16/h4-10,15,19H,11-12H2,1-3H3. The summed E-state index contributed by atoms with van der Waals surface area (Å²) in [5.74, 6) is 0. The van der Waals surface area contributed by atoms with Crippen LogP contribution in [0.3, 0.4) is 0 Å². The second-order valence-corrected chi connectivity index (χ2v) is 5.80. The molecule has 2 nitrogen and oxygen atoms in total. The molecule has 1 N–H and O–H groups in total. The molecule has 2 heteroatoms. The van der Waals surface area contributed by atoms with Crippen LogP contribution in [0.2, 0.25) is 0 Å². The van der Waals surface area contributed by atoms with Gasteiger partial charge in [-0.15, -0.1) is 0 Å². The Kier molecular flexibility index (Phi) is 3.39. The topological polar surface area (TPSA) is 15.3 Å². The zero-order valence-electron chi connectivity index (χ0n) is 12.5. The second kappa shape index (κ2) is 5.20. The molecule has 1 aliphatic rings. The maximum absolute atomic E-state index is 3.55. The van der Waals surface area contributed by atoms with E-state index >= 15 is 0 Å². The van der Waals surface area contributed by atoms with E-state index in [-0.39, 0.29) is 0 Å². The monoisotopic (exact) mass is 266 g/mol. The van der Waals surface area contributed by atoms with Crippen LogP contribution in [-0.4, -0.2) is 12.6 Å². The van der Waals surface area contributed by atoms with Crippen LogP contribution in [-0.2, 0) is 6.54 Å². The minimum absolute atomic E-state index is 0.504. The lowest BCUT2D eigenvalue weighted by atomic mass is 10.0. The van der Waals surface area contributed by atoms with Crippen molar-refractivity contribution in [3.63, 3.8) is 0 Å². The van der Waals surface area contributed by atoms with Gasteiger partial charge >= 0.3 is 0 Å². The van der Waals surface area contributed by atoms with Crippen molar-refractivity contribution in [2.75, 3.05) is 16.8 Å². The molecule has 0 saturated carbocycles. The largest absolute Gasteiger partial charge is 0.381 e. The number of rotatable bonds is 2. The molecule has 20 heavy (non-hydrogen) atoms. The molecule has 3 rings (SSSR count). The second-order valence-electron chi connectivity index (χ2n) is 5.80. The fraction of sp³-hybridized carbons (Fsp3) is 0.333. The van der Waals surface area contributed by atoms with Crippen molar-refractivity contribution in [1.29, 1.82) is 0 Å². The first kappa shape index (κ1) is 13.0. The predicted molar refractivity (Wildman–Crippen MR) is 86.5 cm³/mol. The van der Waals surface area contributed by atoms with Gasteiger partial charge in [-0.1, -0.05) is 30.3 Å². The molecule has 0 spiro atoms. The maximum atomic E-state index is 3.55. The molecule has 0 amide bonds. The Morgan fingerprint density at radius 3 is 2.55 bits per heavy atom. The molecule has 0 radical (unpaired) electrons. The van der Waals surface area contributed by atoms with Gasteiger partial charge in [-0.2, -0.15) is 0 Å². The number of fused-ring (bicyclic) bond motifs is 1. The molecular weight excluding hydrogens is 244 g/mol. The summed E-state index contributed by atoms with van der Waals surface area (Å²) >= 11 is 0. The quantitative estimate of drug-likeness (QED) is 0.879. The maximum Gasteiger partial charge on any atom is 0.0610 e. The lowest BCUT2D eigenvalue weighted by molar-refractivity contribution is 0.641. The third-order valence-corrected chi connectivity index (χ3v) is 4.24. The van der Waals surface area contributed by atoms with Gasteiger partial charge in [0, 0.05) is 19.1 Å². The Bertz CT molecular complexity index is 604. The SMILES string of the molecule is Cc1cc2c(cc1C)N(Cc1ccccc1)C(C)CN2. The number of nitrogens with zero attached hydrogens (tertiary/aromatic N) is 1. The van der Waals surface area contributed by atoms with Crippen LogP contribution in [0.15, 0.2) is 42.5 Å². The molecule has 1 aliphatic heterocycles. The summed E-state index contributed by atoms with van der Waals surface area (Å²) < 4.78 is 0. The van der Waals surface area contributed by atoms with Gasteiger partial charge in [0.15, 0.2) is 0 Å². The average Bonchev–Trinajstić information content (AvgIpc) is 2.45. The first-order valence-corrected chi connectivity index (χ1v) is 7.31. The number of aryl methyl sites for hydroxylation is 2. The summed E-state index contributed by atoms with van der Waals surface area (Å²) in [6.45, 7) is 8.63. The Morgan fingerprint density at radius 1 is 1.10 bits per heavy atom. The summed E-state index contributed by atoms with van der Waals surface area (Å²) in [6.07, 6.45) is 0. The van der Waals surface area contributed by atoms with E-state index in [9.17, 15) is 0 Å². The van der Waals surface area contributed by atoms with E-state index in [0.717, 1.165) is 13.1 Å². The molecule has 2 aromatic rings. The van der Waals surface area contributed by atoms with E-state index in [4.69, 9.17) is 0 Å². The zero-order valence-corrected chi connectivity index (χ0v) is 12.5. The van der Waals surface area contributed by atoms with E-state index in [1.165, 1.54) is 28.1 Å². The molecular formula is C18H22N2. The lowest BCUT2D eigenvalue weighted by Crippen LogP contribution is -2.41. The first-order valence-electron chi connectivity index (χ1n) is 7.31. The smallest absolute Gasteiger partial charge is 0.0610 e. The van der Waals surface area contributed by atoms with Crippen LogP contribution < -0.4 is 10.2 Å². The summed E-state index contributed by atoms with van der Waals surface area (Å²) in [6, 6.07) is 15.8. The molecule has 104 valence electrons. The Labute approximate surface area is 121 Å². The Morgan fingerprint density at radius 2 is 1.80 bits per heavy atom. The number of nitrogens with one attached hydrogen (secondary N) is 1. The van der Waals surface area contributed by atoms with Crippen molar-refractivity contribution in [3.05, 3.63) is 59.2 Å². The minimum Gasteiger partial charge on any atom is -0.381 e. The van der Waals surface area contributed by atoms with Crippen LogP contribution in [0.1, 0.15) is 23.6 Å². The first-order chi connectivity index (χ1) is 9.65. The molecule has 2 aromatic carbocycles. The lowest BCUT2D eigenvalue weighted by Gasteiger charge is -2.38. The average molecular weight is 266 g/mol. The highest BCUT2D eigenvalue weighted by molar-refractivity contribution is 5.74. The van der Waals surface area contributed by atoms with Crippen LogP contribution in [0.25, 0.3) is 0 Å². The van der Waals surface area contributed by atoms with Crippen LogP contribution >= 0.6 is 0 Å². The molecule has 1 atom stereocenters. The number of hydrogen-bond acceptors (Lipinski definition) is 2. The Balaban J connectivity index is 1.97. The highest BCUT2D eigenvalue weighted by atomic mass is 15.2. The third kappa shape index (κ3) is 2.38. The van der Waals surface area contributed by atoms with Crippen LogP contribution in [0.5, 0.6) is 0 Å². The molecule has 0 aliphatic carbocycles. The summed E-state index contributed by atoms with van der Waals surface area (Å²) in [4.78, 5) is 2.51. The highest BCUT2D eigenvalue weighted by Gasteiger charge is 2.23. The van der Waals surface area contributed by atoms with Crippen molar-refractivity contribution in [1.82, 2.24) is 0 Å². The number of hydrogen-bond donors (Lipinski definition) is 1. The van der Waals surface area contributed by atoms with Gasteiger partial charge in [-0.25, -0.2) is 0 Å². The summed E-state index contributed by atoms with van der Waals surface area (Å²) in [5.41, 5.74) is 6.67. The van der Waals surface area contributed by atoms with Crippen LogP contribution in [0.4, 0.5) is 11.4 Å². The van der Waals surface area contributed by atoms with E-state index in [0.29, 0.717) is 6.04 Å². The van der Waals surface area contributed by atoms with Crippen LogP contribution in [0, 0.1) is 13.8 Å². The van der Waals surface area contributed by atoms with Crippen molar-refractivity contribution >= 4 is 11.4 Å². The van der Waals surface area contributed by atoms with Crippen molar-refractivity contribution in [2.45, 2.75) is 33.4 Å². The third-order valence-electron chi connectivity index (χ3n) is 4.24.